The first-order chi connectivity index (χ1) is 7.56. The molecule has 0 aliphatic heterocycles. The van der Waals surface area contributed by atoms with Gasteiger partial charge in [-0.25, -0.2) is 0 Å². The van der Waals surface area contributed by atoms with Crippen molar-refractivity contribution < 1.29 is 9.90 Å². The van der Waals surface area contributed by atoms with Gasteiger partial charge in [0.05, 0.1) is 5.92 Å². The normalized spacial score (nSPS) is 13.6. The van der Waals surface area contributed by atoms with E-state index in [1.807, 2.05) is 24.3 Å². The first kappa shape index (κ1) is 12.5. The third kappa shape index (κ3) is 2.96. The second-order valence-electron chi connectivity index (χ2n) is 4.03. The Labute approximate surface area is 96.6 Å². The largest absolute Gasteiger partial charge is 0.481 e. The van der Waals surface area contributed by atoms with Crippen molar-refractivity contribution in [1.29, 1.82) is 0 Å². The predicted octanol–water partition coefficient (Wildman–Crippen LogP) is 3.69. The number of carboxylic acids is 1. The van der Waals surface area contributed by atoms with E-state index in [1.54, 1.807) is 6.92 Å². The van der Waals surface area contributed by atoms with Gasteiger partial charge < -0.3 is 5.11 Å². The molecule has 0 spiro atoms. The van der Waals surface area contributed by atoms with Crippen molar-refractivity contribution in [2.75, 3.05) is 0 Å². The second-order valence-corrected chi connectivity index (χ2v) is 4.03. The summed E-state index contributed by atoms with van der Waals surface area (Å²) in [6.07, 6.45) is 3.05. The van der Waals surface area contributed by atoms with Crippen molar-refractivity contribution >= 4 is 12.0 Å². The molecule has 2 nitrogen and oxygen atoms in total. The quantitative estimate of drug-likeness (QED) is 0.836. The molecular weight excluding hydrogens is 200 g/mol. The molecule has 0 aliphatic carbocycles. The van der Waals surface area contributed by atoms with E-state index in [9.17, 15) is 4.79 Å². The van der Waals surface area contributed by atoms with Crippen LogP contribution in [-0.4, -0.2) is 11.1 Å². The van der Waals surface area contributed by atoms with Crippen LogP contribution in [-0.2, 0) is 4.79 Å². The van der Waals surface area contributed by atoms with E-state index >= 15 is 0 Å². The van der Waals surface area contributed by atoms with Crippen molar-refractivity contribution in [2.45, 2.75) is 33.1 Å². The molecule has 0 bridgehead atoms. The van der Waals surface area contributed by atoms with Crippen molar-refractivity contribution in [3.8, 4) is 0 Å². The SMILES string of the molecule is CCC(C)=Cc1ccccc1C(C)C(=O)O. The van der Waals surface area contributed by atoms with Crippen LogP contribution < -0.4 is 0 Å². The van der Waals surface area contributed by atoms with Crippen LogP contribution in [0.4, 0.5) is 0 Å². The number of benzene rings is 1. The molecule has 16 heavy (non-hydrogen) atoms. The molecule has 0 heterocycles. The minimum Gasteiger partial charge on any atom is -0.481 e. The number of hydrogen-bond acceptors (Lipinski definition) is 1. The lowest BCUT2D eigenvalue weighted by Gasteiger charge is -2.10. The fourth-order valence-corrected chi connectivity index (χ4v) is 1.54. The maximum Gasteiger partial charge on any atom is 0.310 e. The zero-order valence-corrected chi connectivity index (χ0v) is 10.0. The summed E-state index contributed by atoms with van der Waals surface area (Å²) < 4.78 is 0. The summed E-state index contributed by atoms with van der Waals surface area (Å²) in [5.41, 5.74) is 3.14. The minimum atomic E-state index is -0.782. The maximum absolute atomic E-state index is 11.0. The zero-order valence-electron chi connectivity index (χ0n) is 10.0. The van der Waals surface area contributed by atoms with Crippen LogP contribution in [0.25, 0.3) is 6.08 Å². The molecule has 1 atom stereocenters. The van der Waals surface area contributed by atoms with Gasteiger partial charge in [-0.05, 0) is 31.4 Å². The smallest absolute Gasteiger partial charge is 0.310 e. The molecule has 0 amide bonds. The van der Waals surface area contributed by atoms with Gasteiger partial charge in [0.1, 0.15) is 0 Å². The molecule has 0 saturated carbocycles. The predicted molar refractivity (Wildman–Crippen MR) is 66.4 cm³/mol. The van der Waals surface area contributed by atoms with Crippen LogP contribution >= 0.6 is 0 Å². The van der Waals surface area contributed by atoms with E-state index in [0.29, 0.717) is 0 Å². The van der Waals surface area contributed by atoms with Gasteiger partial charge in [-0.15, -0.1) is 0 Å². The minimum absolute atomic E-state index is 0.461. The van der Waals surface area contributed by atoms with Crippen LogP contribution in [0.15, 0.2) is 29.8 Å². The lowest BCUT2D eigenvalue weighted by Crippen LogP contribution is -2.08. The van der Waals surface area contributed by atoms with Crippen LogP contribution in [0, 0.1) is 0 Å². The van der Waals surface area contributed by atoms with Crippen LogP contribution in [0.2, 0.25) is 0 Å². The van der Waals surface area contributed by atoms with Crippen LogP contribution in [0.5, 0.6) is 0 Å². The number of hydrogen-bond donors (Lipinski definition) is 1. The first-order valence-corrected chi connectivity index (χ1v) is 5.55. The number of rotatable bonds is 4. The van der Waals surface area contributed by atoms with Crippen LogP contribution in [0.1, 0.15) is 44.2 Å². The average molecular weight is 218 g/mol. The third-order valence-corrected chi connectivity index (χ3v) is 2.79. The molecule has 1 aromatic carbocycles. The van der Waals surface area contributed by atoms with E-state index < -0.39 is 11.9 Å². The standard InChI is InChI=1S/C14H18O2/c1-4-10(2)9-12-7-5-6-8-13(12)11(3)14(15)16/h5-9,11H,4H2,1-3H3,(H,15,16). The van der Waals surface area contributed by atoms with Gasteiger partial charge in [0.15, 0.2) is 0 Å². The van der Waals surface area contributed by atoms with Gasteiger partial charge in [0, 0.05) is 0 Å². The fraction of sp³-hybridized carbons (Fsp3) is 0.357. The highest BCUT2D eigenvalue weighted by molar-refractivity contribution is 5.77. The molecule has 0 radical (unpaired) electrons. The summed E-state index contributed by atoms with van der Waals surface area (Å²) in [5, 5.41) is 9.03. The van der Waals surface area contributed by atoms with E-state index in [2.05, 4.69) is 19.9 Å². The molecule has 2 heteroatoms. The van der Waals surface area contributed by atoms with E-state index in [4.69, 9.17) is 5.11 Å². The van der Waals surface area contributed by atoms with E-state index in [-0.39, 0.29) is 0 Å². The summed E-state index contributed by atoms with van der Waals surface area (Å²) in [5.74, 6) is -1.24. The summed E-state index contributed by atoms with van der Waals surface area (Å²) >= 11 is 0. The monoisotopic (exact) mass is 218 g/mol. The number of carbonyl (C=O) groups is 1. The maximum atomic E-state index is 11.0. The Kier molecular flexibility index (Phi) is 4.29. The lowest BCUT2D eigenvalue weighted by molar-refractivity contribution is -0.138. The van der Waals surface area contributed by atoms with E-state index in [1.165, 1.54) is 5.57 Å². The summed E-state index contributed by atoms with van der Waals surface area (Å²) in [7, 11) is 0. The van der Waals surface area contributed by atoms with Gasteiger partial charge in [-0.1, -0.05) is 42.8 Å². The highest BCUT2D eigenvalue weighted by Gasteiger charge is 2.15. The topological polar surface area (TPSA) is 37.3 Å². The fourth-order valence-electron chi connectivity index (χ4n) is 1.54. The number of carboxylic acid groups (broad SMARTS) is 1. The Bertz CT molecular complexity index is 405. The van der Waals surface area contributed by atoms with Crippen LogP contribution in [0.3, 0.4) is 0 Å². The van der Waals surface area contributed by atoms with Gasteiger partial charge in [0.25, 0.3) is 0 Å². The molecule has 86 valence electrons. The van der Waals surface area contributed by atoms with Gasteiger partial charge >= 0.3 is 5.97 Å². The molecule has 0 saturated heterocycles. The molecule has 1 N–H and O–H groups in total. The van der Waals surface area contributed by atoms with Crippen molar-refractivity contribution in [1.82, 2.24) is 0 Å². The molecule has 0 aromatic heterocycles. The highest BCUT2D eigenvalue weighted by atomic mass is 16.4. The Morgan fingerprint density at radius 2 is 2.06 bits per heavy atom. The molecule has 0 aliphatic rings. The van der Waals surface area contributed by atoms with Gasteiger partial charge in [0.2, 0.25) is 0 Å². The summed E-state index contributed by atoms with van der Waals surface area (Å²) in [6, 6.07) is 7.67. The van der Waals surface area contributed by atoms with Crippen molar-refractivity contribution in [3.63, 3.8) is 0 Å². The van der Waals surface area contributed by atoms with E-state index in [0.717, 1.165) is 17.5 Å². The Balaban J connectivity index is 3.15. The number of allylic oxidation sites excluding steroid dienone is 1. The Morgan fingerprint density at radius 1 is 1.44 bits per heavy atom. The molecule has 0 fully saturated rings. The highest BCUT2D eigenvalue weighted by Crippen LogP contribution is 2.22. The van der Waals surface area contributed by atoms with Crippen molar-refractivity contribution in [2.24, 2.45) is 0 Å². The summed E-state index contributed by atoms with van der Waals surface area (Å²) in [6.45, 7) is 5.87. The van der Waals surface area contributed by atoms with Crippen molar-refractivity contribution in [3.05, 3.63) is 41.0 Å². The second kappa shape index (κ2) is 5.50. The Hall–Kier alpha value is -1.57. The van der Waals surface area contributed by atoms with Gasteiger partial charge in [-0.2, -0.15) is 0 Å². The first-order valence-electron chi connectivity index (χ1n) is 5.55. The summed E-state index contributed by atoms with van der Waals surface area (Å²) in [4.78, 5) is 11.0. The number of aliphatic carboxylic acids is 1. The lowest BCUT2D eigenvalue weighted by atomic mass is 9.94. The zero-order chi connectivity index (χ0) is 12.1. The molecule has 1 unspecified atom stereocenters. The third-order valence-electron chi connectivity index (χ3n) is 2.79. The Morgan fingerprint density at radius 3 is 2.62 bits per heavy atom. The van der Waals surface area contributed by atoms with Gasteiger partial charge in [-0.3, -0.25) is 4.79 Å². The molecule has 1 rings (SSSR count). The average Bonchev–Trinajstić information content (AvgIpc) is 2.28. The molecule has 1 aromatic rings. The molecular formula is C14H18O2.